The topological polar surface area (TPSA) is 88.2 Å². The average molecular weight is 365 g/mol. The van der Waals surface area contributed by atoms with E-state index in [9.17, 15) is 9.90 Å². The van der Waals surface area contributed by atoms with Crippen LogP contribution >= 0.6 is 0 Å². The van der Waals surface area contributed by atoms with Gasteiger partial charge in [-0.3, -0.25) is 9.78 Å². The zero-order chi connectivity index (χ0) is 19.2. The van der Waals surface area contributed by atoms with Gasteiger partial charge in [-0.15, -0.1) is 0 Å². The second-order valence-electron chi connectivity index (χ2n) is 6.42. The number of hydrogen-bond acceptors (Lipinski definition) is 5. The predicted octanol–water partition coefficient (Wildman–Crippen LogP) is 3.67. The van der Waals surface area contributed by atoms with Gasteiger partial charge in [-0.2, -0.15) is 0 Å². The molecule has 1 amide bonds. The fourth-order valence-corrected chi connectivity index (χ4v) is 2.72. The number of carbonyl (C=O) groups excluding carboxylic acids is 1. The molecule has 140 valence electrons. The lowest BCUT2D eigenvalue weighted by atomic mass is 10.1. The third kappa shape index (κ3) is 4.80. The van der Waals surface area contributed by atoms with Crippen LogP contribution in [0, 0.1) is 0 Å². The van der Waals surface area contributed by atoms with Crippen molar-refractivity contribution < 1.29 is 14.4 Å². The van der Waals surface area contributed by atoms with E-state index in [0.717, 1.165) is 29.8 Å². The largest absolute Gasteiger partial charge is 0.387 e. The normalized spacial score (nSPS) is 12.0. The van der Waals surface area contributed by atoms with Crippen LogP contribution in [0.1, 0.15) is 53.9 Å². The van der Waals surface area contributed by atoms with Crippen molar-refractivity contribution in [2.24, 2.45) is 0 Å². The first-order valence-corrected chi connectivity index (χ1v) is 9.05. The number of rotatable bonds is 7. The van der Waals surface area contributed by atoms with Gasteiger partial charge >= 0.3 is 0 Å². The first-order chi connectivity index (χ1) is 13.1. The Morgan fingerprint density at radius 3 is 2.70 bits per heavy atom. The molecule has 3 rings (SSSR count). The van der Waals surface area contributed by atoms with Crippen molar-refractivity contribution in [2.75, 3.05) is 0 Å². The number of carbonyl (C=O) groups is 1. The molecule has 0 unspecified atom stereocenters. The minimum absolute atomic E-state index is 0.180. The average Bonchev–Trinajstić information content (AvgIpc) is 3.14. The van der Waals surface area contributed by atoms with Crippen LogP contribution in [0.3, 0.4) is 0 Å². The molecule has 0 saturated heterocycles. The van der Waals surface area contributed by atoms with Gasteiger partial charge in [0.15, 0.2) is 5.76 Å². The van der Waals surface area contributed by atoms with Crippen LogP contribution in [-0.4, -0.2) is 21.2 Å². The van der Waals surface area contributed by atoms with Crippen LogP contribution < -0.4 is 5.32 Å². The Balaban J connectivity index is 1.64. The van der Waals surface area contributed by atoms with Gasteiger partial charge in [-0.25, -0.2) is 0 Å². The molecule has 0 aliphatic heterocycles. The Bertz CT molecular complexity index is 901. The van der Waals surface area contributed by atoms with E-state index in [1.807, 2.05) is 30.3 Å². The smallest absolute Gasteiger partial charge is 0.251 e. The molecule has 1 aromatic carbocycles. The quantitative estimate of drug-likeness (QED) is 0.667. The number of aromatic nitrogens is 2. The molecule has 0 radical (unpaired) electrons. The summed E-state index contributed by atoms with van der Waals surface area (Å²) in [7, 11) is 0. The van der Waals surface area contributed by atoms with Gasteiger partial charge in [0.05, 0.1) is 29.7 Å². The molecular weight excluding hydrogens is 342 g/mol. The van der Waals surface area contributed by atoms with Gasteiger partial charge in [-0.1, -0.05) is 36.7 Å². The van der Waals surface area contributed by atoms with E-state index >= 15 is 0 Å². The van der Waals surface area contributed by atoms with Crippen molar-refractivity contribution in [2.45, 2.75) is 39.3 Å². The van der Waals surface area contributed by atoms with E-state index in [2.05, 4.69) is 22.4 Å². The van der Waals surface area contributed by atoms with Crippen molar-refractivity contribution in [3.05, 3.63) is 71.2 Å². The molecule has 2 N–H and O–H groups in total. The Morgan fingerprint density at radius 2 is 2.00 bits per heavy atom. The molecule has 0 aliphatic rings. The molecule has 2 heterocycles. The zero-order valence-corrected chi connectivity index (χ0v) is 15.5. The summed E-state index contributed by atoms with van der Waals surface area (Å²) in [6.07, 6.45) is 1.24. The fourth-order valence-electron chi connectivity index (χ4n) is 2.72. The Hall–Kier alpha value is -2.99. The Kier molecular flexibility index (Phi) is 5.98. The molecule has 3 aromatic rings. The van der Waals surface area contributed by atoms with Crippen molar-refractivity contribution >= 4 is 5.91 Å². The van der Waals surface area contributed by atoms with Gasteiger partial charge in [0.1, 0.15) is 0 Å². The molecule has 0 fully saturated rings. The monoisotopic (exact) mass is 365 g/mol. The molecule has 6 heteroatoms. The van der Waals surface area contributed by atoms with Crippen LogP contribution in [0.25, 0.3) is 11.3 Å². The standard InChI is InChI=1S/C21H23N3O3/c1-3-5-17-12-18(27-24-17)13-22-21(26)16-10-8-15(9-11-16)20-7-4-6-19(23-20)14(2)25/h4,6-12,14,25H,3,5,13H2,1-2H3,(H,22,26)/t14-/m1/s1. The van der Waals surface area contributed by atoms with E-state index in [1.54, 1.807) is 25.1 Å². The van der Waals surface area contributed by atoms with Crippen LogP contribution in [-0.2, 0) is 13.0 Å². The van der Waals surface area contributed by atoms with Crippen molar-refractivity contribution in [1.82, 2.24) is 15.5 Å². The third-order valence-corrected chi connectivity index (χ3v) is 4.18. The molecule has 6 nitrogen and oxygen atoms in total. The highest BCUT2D eigenvalue weighted by molar-refractivity contribution is 5.94. The molecule has 27 heavy (non-hydrogen) atoms. The summed E-state index contributed by atoms with van der Waals surface area (Å²) < 4.78 is 5.22. The van der Waals surface area contributed by atoms with Crippen LogP contribution in [0.5, 0.6) is 0 Å². The summed E-state index contributed by atoms with van der Waals surface area (Å²) in [6, 6.07) is 14.6. The summed E-state index contributed by atoms with van der Waals surface area (Å²) >= 11 is 0. The number of nitrogens with one attached hydrogen (secondary N) is 1. The maximum Gasteiger partial charge on any atom is 0.251 e. The molecule has 2 aromatic heterocycles. The Morgan fingerprint density at radius 1 is 1.22 bits per heavy atom. The van der Waals surface area contributed by atoms with Gasteiger partial charge in [0.25, 0.3) is 5.91 Å². The zero-order valence-electron chi connectivity index (χ0n) is 15.5. The summed E-state index contributed by atoms with van der Waals surface area (Å²) in [6.45, 7) is 4.06. The number of aryl methyl sites for hydroxylation is 1. The number of benzene rings is 1. The molecule has 1 atom stereocenters. The lowest BCUT2D eigenvalue weighted by molar-refractivity contribution is 0.0947. The lowest BCUT2D eigenvalue weighted by Crippen LogP contribution is -2.22. The number of aliphatic hydroxyl groups excluding tert-OH is 1. The van der Waals surface area contributed by atoms with E-state index in [-0.39, 0.29) is 5.91 Å². The maximum atomic E-state index is 12.3. The van der Waals surface area contributed by atoms with E-state index in [1.165, 1.54) is 0 Å². The SMILES string of the molecule is CCCc1cc(CNC(=O)c2ccc(-c3cccc([C@@H](C)O)n3)cc2)on1. The van der Waals surface area contributed by atoms with E-state index in [4.69, 9.17) is 4.52 Å². The highest BCUT2D eigenvalue weighted by Crippen LogP contribution is 2.20. The van der Waals surface area contributed by atoms with Gasteiger partial charge in [-0.05, 0) is 37.6 Å². The highest BCUT2D eigenvalue weighted by Gasteiger charge is 2.10. The molecule has 0 spiro atoms. The maximum absolute atomic E-state index is 12.3. The van der Waals surface area contributed by atoms with E-state index < -0.39 is 6.10 Å². The number of hydrogen-bond donors (Lipinski definition) is 2. The predicted molar refractivity (Wildman–Crippen MR) is 102 cm³/mol. The van der Waals surface area contributed by atoms with Crippen LogP contribution in [0.2, 0.25) is 0 Å². The summed E-state index contributed by atoms with van der Waals surface area (Å²) in [5.41, 5.74) is 3.71. The molecule has 0 bridgehead atoms. The van der Waals surface area contributed by atoms with Crippen LogP contribution in [0.15, 0.2) is 53.1 Å². The summed E-state index contributed by atoms with van der Waals surface area (Å²) in [5.74, 6) is 0.461. The van der Waals surface area contributed by atoms with Crippen molar-refractivity contribution in [1.29, 1.82) is 0 Å². The number of pyridine rings is 1. The molecule has 0 saturated carbocycles. The summed E-state index contributed by atoms with van der Waals surface area (Å²) in [5, 5.41) is 16.5. The second-order valence-corrected chi connectivity index (χ2v) is 6.42. The Labute approximate surface area is 158 Å². The molecule has 0 aliphatic carbocycles. The second kappa shape index (κ2) is 8.60. The molecular formula is C21H23N3O3. The number of aliphatic hydroxyl groups is 1. The van der Waals surface area contributed by atoms with Gasteiger partial charge < -0.3 is 14.9 Å². The van der Waals surface area contributed by atoms with Crippen molar-refractivity contribution in [3.8, 4) is 11.3 Å². The third-order valence-electron chi connectivity index (χ3n) is 4.18. The van der Waals surface area contributed by atoms with Gasteiger partial charge in [0, 0.05) is 17.2 Å². The minimum Gasteiger partial charge on any atom is -0.387 e. The highest BCUT2D eigenvalue weighted by atomic mass is 16.5. The van der Waals surface area contributed by atoms with Crippen LogP contribution in [0.4, 0.5) is 0 Å². The summed E-state index contributed by atoms with van der Waals surface area (Å²) in [4.78, 5) is 16.8. The first-order valence-electron chi connectivity index (χ1n) is 9.05. The number of amides is 1. The van der Waals surface area contributed by atoms with Gasteiger partial charge in [0.2, 0.25) is 0 Å². The van der Waals surface area contributed by atoms with E-state index in [0.29, 0.717) is 23.6 Å². The fraction of sp³-hybridized carbons (Fsp3) is 0.286. The first kappa shape index (κ1) is 18.8. The minimum atomic E-state index is -0.621. The number of nitrogens with zero attached hydrogens (tertiary/aromatic N) is 2. The lowest BCUT2D eigenvalue weighted by Gasteiger charge is -2.08. The van der Waals surface area contributed by atoms with Crippen molar-refractivity contribution in [3.63, 3.8) is 0 Å².